The lowest BCUT2D eigenvalue weighted by Gasteiger charge is -2.20. The second kappa shape index (κ2) is 10.6. The molecule has 10 heteroatoms. The Balaban J connectivity index is 1.64. The molecule has 10 nitrogen and oxygen atoms in total. The number of amides is 3. The summed E-state index contributed by atoms with van der Waals surface area (Å²) in [7, 11) is 4.50. The lowest BCUT2D eigenvalue weighted by Crippen LogP contribution is -2.45. The smallest absolute Gasteiger partial charge is 0.269 e. The van der Waals surface area contributed by atoms with Gasteiger partial charge in [-0.05, 0) is 37.3 Å². The van der Waals surface area contributed by atoms with Crippen molar-refractivity contribution in [1.82, 2.24) is 10.9 Å². The summed E-state index contributed by atoms with van der Waals surface area (Å²) in [6, 6.07) is 9.79. The van der Waals surface area contributed by atoms with Crippen LogP contribution in [0.5, 0.6) is 23.0 Å². The Hall–Kier alpha value is -3.95. The van der Waals surface area contributed by atoms with Gasteiger partial charge in [-0.25, -0.2) is 0 Å². The maximum absolute atomic E-state index is 12.6. The van der Waals surface area contributed by atoms with Crippen LogP contribution < -0.4 is 34.7 Å². The van der Waals surface area contributed by atoms with Crippen LogP contribution in [0.25, 0.3) is 0 Å². The maximum Gasteiger partial charge on any atom is 0.269 e. The summed E-state index contributed by atoms with van der Waals surface area (Å²) in [6.45, 7) is 2.44. The third-order valence-electron chi connectivity index (χ3n) is 5.20. The first-order chi connectivity index (χ1) is 15.9. The van der Waals surface area contributed by atoms with Crippen molar-refractivity contribution in [3.8, 4) is 23.0 Å². The van der Waals surface area contributed by atoms with E-state index in [2.05, 4.69) is 10.9 Å². The van der Waals surface area contributed by atoms with Gasteiger partial charge in [-0.1, -0.05) is 0 Å². The maximum atomic E-state index is 12.6. The van der Waals surface area contributed by atoms with Crippen LogP contribution >= 0.6 is 0 Å². The van der Waals surface area contributed by atoms with Gasteiger partial charge in [0.2, 0.25) is 11.8 Å². The Morgan fingerprint density at radius 1 is 0.970 bits per heavy atom. The summed E-state index contributed by atoms with van der Waals surface area (Å²) in [5.74, 6) is 0.0814. The van der Waals surface area contributed by atoms with Crippen LogP contribution in [0.1, 0.15) is 23.7 Å². The molecule has 1 fully saturated rings. The molecule has 1 atom stereocenters. The fraction of sp³-hybridized carbons (Fsp3) is 0.348. The van der Waals surface area contributed by atoms with Crippen LogP contribution in [-0.2, 0) is 9.59 Å². The predicted molar refractivity (Wildman–Crippen MR) is 120 cm³/mol. The molecule has 0 spiro atoms. The van der Waals surface area contributed by atoms with E-state index >= 15 is 0 Å². The molecule has 1 heterocycles. The molecule has 0 saturated carbocycles. The first-order valence-corrected chi connectivity index (χ1v) is 10.3. The van der Waals surface area contributed by atoms with Crippen LogP contribution in [0.15, 0.2) is 36.4 Å². The minimum absolute atomic E-state index is 0.00105. The van der Waals surface area contributed by atoms with E-state index < -0.39 is 17.7 Å². The van der Waals surface area contributed by atoms with Gasteiger partial charge in [0.1, 0.15) is 11.5 Å². The third kappa shape index (κ3) is 5.28. The summed E-state index contributed by atoms with van der Waals surface area (Å²) in [5, 5.41) is 0. The minimum Gasteiger partial charge on any atom is -0.497 e. The Bertz CT molecular complexity index is 1040. The first kappa shape index (κ1) is 23.7. The number of hydrazine groups is 1. The van der Waals surface area contributed by atoms with E-state index in [0.29, 0.717) is 35.3 Å². The van der Waals surface area contributed by atoms with Crippen LogP contribution in [0, 0.1) is 5.92 Å². The van der Waals surface area contributed by atoms with E-state index in [4.69, 9.17) is 18.9 Å². The quantitative estimate of drug-likeness (QED) is 0.582. The van der Waals surface area contributed by atoms with Crippen molar-refractivity contribution in [3.05, 3.63) is 42.0 Å². The fourth-order valence-corrected chi connectivity index (χ4v) is 3.50. The van der Waals surface area contributed by atoms with Crippen molar-refractivity contribution < 1.29 is 33.3 Å². The molecule has 2 aromatic carbocycles. The normalized spacial score (nSPS) is 15.1. The molecule has 1 aliphatic rings. The average molecular weight is 457 g/mol. The number of hydrogen-bond donors (Lipinski definition) is 2. The van der Waals surface area contributed by atoms with Crippen LogP contribution in [0.3, 0.4) is 0 Å². The summed E-state index contributed by atoms with van der Waals surface area (Å²) in [4.78, 5) is 39.2. The molecule has 1 unspecified atom stereocenters. The number of anilines is 1. The molecule has 3 amide bonds. The molecule has 2 N–H and O–H groups in total. The summed E-state index contributed by atoms with van der Waals surface area (Å²) in [5.41, 5.74) is 5.57. The standard InChI is InChI=1S/C23H27N3O7/c1-5-33-19-8-6-14(10-20(19)32-4)22(28)24-25-23(29)15-11-21(27)26(13-15)17-12-16(30-2)7-9-18(17)31-3/h6-10,12,15H,5,11,13H2,1-4H3,(H,24,28)(H,25,29). The Morgan fingerprint density at radius 2 is 1.70 bits per heavy atom. The van der Waals surface area contributed by atoms with Crippen molar-refractivity contribution >= 4 is 23.4 Å². The molecular formula is C23H27N3O7. The van der Waals surface area contributed by atoms with Gasteiger partial charge in [0.05, 0.1) is 39.5 Å². The highest BCUT2D eigenvalue weighted by molar-refractivity contribution is 6.02. The van der Waals surface area contributed by atoms with E-state index in [1.54, 1.807) is 30.3 Å². The third-order valence-corrected chi connectivity index (χ3v) is 5.20. The number of nitrogens with zero attached hydrogens (tertiary/aromatic N) is 1. The van der Waals surface area contributed by atoms with E-state index in [0.717, 1.165) is 0 Å². The van der Waals surface area contributed by atoms with E-state index in [1.165, 1.54) is 32.3 Å². The number of nitrogens with one attached hydrogen (secondary N) is 2. The highest BCUT2D eigenvalue weighted by atomic mass is 16.5. The van der Waals surface area contributed by atoms with Crippen molar-refractivity contribution in [2.45, 2.75) is 13.3 Å². The highest BCUT2D eigenvalue weighted by Crippen LogP contribution is 2.36. The van der Waals surface area contributed by atoms with Crippen LogP contribution in [-0.4, -0.2) is 52.2 Å². The topological polar surface area (TPSA) is 115 Å². The molecule has 1 saturated heterocycles. The number of carbonyl (C=O) groups is 3. The SMILES string of the molecule is CCOc1ccc(C(=O)NNC(=O)C2CC(=O)N(c3cc(OC)ccc3OC)C2)cc1OC. The Morgan fingerprint density at radius 3 is 2.36 bits per heavy atom. The van der Waals surface area contributed by atoms with Gasteiger partial charge >= 0.3 is 0 Å². The molecule has 0 aliphatic carbocycles. The summed E-state index contributed by atoms with van der Waals surface area (Å²) < 4.78 is 21.3. The summed E-state index contributed by atoms with van der Waals surface area (Å²) >= 11 is 0. The number of benzene rings is 2. The van der Waals surface area contributed by atoms with Crippen LogP contribution in [0.4, 0.5) is 5.69 Å². The molecule has 1 aliphatic heterocycles. The number of methoxy groups -OCH3 is 3. The largest absolute Gasteiger partial charge is 0.497 e. The Labute approximate surface area is 191 Å². The molecule has 176 valence electrons. The lowest BCUT2D eigenvalue weighted by atomic mass is 10.1. The van der Waals surface area contributed by atoms with Crippen molar-refractivity contribution in [2.24, 2.45) is 5.92 Å². The van der Waals surface area contributed by atoms with Gasteiger partial charge in [0, 0.05) is 24.6 Å². The number of carbonyl (C=O) groups excluding carboxylic acids is 3. The molecule has 0 radical (unpaired) electrons. The molecule has 33 heavy (non-hydrogen) atoms. The van der Waals surface area contributed by atoms with E-state index in [9.17, 15) is 14.4 Å². The number of ether oxygens (including phenoxy) is 4. The molecule has 2 aromatic rings. The van der Waals surface area contributed by atoms with E-state index in [1.807, 2.05) is 6.92 Å². The predicted octanol–water partition coefficient (Wildman–Crippen LogP) is 1.93. The zero-order chi connectivity index (χ0) is 24.0. The average Bonchev–Trinajstić information content (AvgIpc) is 3.23. The molecule has 3 rings (SSSR count). The van der Waals surface area contributed by atoms with Crippen molar-refractivity contribution in [1.29, 1.82) is 0 Å². The fourth-order valence-electron chi connectivity index (χ4n) is 3.50. The van der Waals surface area contributed by atoms with Crippen LogP contribution in [0.2, 0.25) is 0 Å². The van der Waals surface area contributed by atoms with Gasteiger partial charge in [-0.2, -0.15) is 0 Å². The van der Waals surface area contributed by atoms with Gasteiger partial charge in [0.15, 0.2) is 11.5 Å². The monoisotopic (exact) mass is 457 g/mol. The molecular weight excluding hydrogens is 430 g/mol. The van der Waals surface area contributed by atoms with Gasteiger partial charge in [-0.3, -0.25) is 25.2 Å². The van der Waals surface area contributed by atoms with Crippen molar-refractivity contribution in [2.75, 3.05) is 39.4 Å². The van der Waals surface area contributed by atoms with Crippen molar-refractivity contribution in [3.63, 3.8) is 0 Å². The van der Waals surface area contributed by atoms with Gasteiger partial charge < -0.3 is 23.8 Å². The zero-order valence-electron chi connectivity index (χ0n) is 19.0. The second-order valence-electron chi connectivity index (χ2n) is 7.19. The molecule has 0 aromatic heterocycles. The number of hydrogen-bond acceptors (Lipinski definition) is 7. The van der Waals surface area contributed by atoms with Gasteiger partial charge in [-0.15, -0.1) is 0 Å². The van der Waals surface area contributed by atoms with Gasteiger partial charge in [0.25, 0.3) is 5.91 Å². The second-order valence-corrected chi connectivity index (χ2v) is 7.19. The lowest BCUT2D eigenvalue weighted by molar-refractivity contribution is -0.126. The van der Waals surface area contributed by atoms with E-state index in [-0.39, 0.29) is 24.4 Å². The molecule has 0 bridgehead atoms. The minimum atomic E-state index is -0.649. The first-order valence-electron chi connectivity index (χ1n) is 10.3. The summed E-state index contributed by atoms with van der Waals surface area (Å²) in [6.07, 6.45) is -0.00105. The zero-order valence-corrected chi connectivity index (χ0v) is 19.0. The number of rotatable bonds is 8. The highest BCUT2D eigenvalue weighted by Gasteiger charge is 2.36. The Kier molecular flexibility index (Phi) is 7.60.